The highest BCUT2D eigenvalue weighted by Crippen LogP contribution is 2.39. The molecule has 0 aliphatic rings. The molecule has 0 spiro atoms. The molecule has 0 aromatic heterocycles. The van der Waals surface area contributed by atoms with Crippen molar-refractivity contribution in [3.05, 3.63) is 17.7 Å². The quantitative estimate of drug-likeness (QED) is 0.837. The SMILES string of the molecule is COc1cc(OC)c([C@H](O)C[C@@H](N)C(C)(C)C)cc1OC.Cl. The van der Waals surface area contributed by atoms with Crippen LogP contribution in [0.1, 0.15) is 38.9 Å². The molecule has 0 bridgehead atoms. The van der Waals surface area contributed by atoms with Crippen LogP contribution in [0, 0.1) is 5.41 Å². The van der Waals surface area contributed by atoms with Gasteiger partial charge in [0.25, 0.3) is 0 Å². The number of aliphatic hydroxyl groups is 1. The number of ether oxygens (including phenoxy) is 3. The summed E-state index contributed by atoms with van der Waals surface area (Å²) in [6, 6.07) is 3.31. The van der Waals surface area contributed by atoms with E-state index in [9.17, 15) is 5.11 Å². The Morgan fingerprint density at radius 1 is 1.00 bits per heavy atom. The first-order valence-electron chi connectivity index (χ1n) is 6.98. The zero-order valence-corrected chi connectivity index (χ0v) is 15.0. The van der Waals surface area contributed by atoms with Crippen molar-refractivity contribution in [1.82, 2.24) is 0 Å². The smallest absolute Gasteiger partial charge is 0.164 e. The van der Waals surface area contributed by atoms with E-state index in [2.05, 4.69) is 20.8 Å². The van der Waals surface area contributed by atoms with Gasteiger partial charge in [-0.15, -0.1) is 12.4 Å². The lowest BCUT2D eigenvalue weighted by Crippen LogP contribution is -2.36. The minimum absolute atomic E-state index is 0. The summed E-state index contributed by atoms with van der Waals surface area (Å²) in [7, 11) is 4.67. The summed E-state index contributed by atoms with van der Waals surface area (Å²) in [5.41, 5.74) is 6.72. The second-order valence-corrected chi connectivity index (χ2v) is 6.17. The summed E-state index contributed by atoms with van der Waals surface area (Å²) in [5.74, 6) is 1.67. The van der Waals surface area contributed by atoms with Crippen molar-refractivity contribution >= 4 is 12.4 Å². The van der Waals surface area contributed by atoms with E-state index in [0.717, 1.165) is 0 Å². The molecule has 0 aliphatic heterocycles. The molecule has 1 aromatic carbocycles. The molecule has 2 atom stereocenters. The van der Waals surface area contributed by atoms with Crippen molar-refractivity contribution in [3.63, 3.8) is 0 Å². The van der Waals surface area contributed by atoms with Gasteiger partial charge in [0.05, 0.1) is 27.4 Å². The molecule has 0 amide bonds. The molecular formula is C16H28ClNO4. The van der Waals surface area contributed by atoms with Gasteiger partial charge in [0, 0.05) is 17.7 Å². The fraction of sp³-hybridized carbons (Fsp3) is 0.625. The lowest BCUT2D eigenvalue weighted by Gasteiger charge is -2.29. The summed E-state index contributed by atoms with van der Waals surface area (Å²) in [5, 5.41) is 10.5. The number of nitrogens with two attached hydrogens (primary N) is 1. The van der Waals surface area contributed by atoms with Crippen LogP contribution in [0.4, 0.5) is 0 Å². The van der Waals surface area contributed by atoms with E-state index in [1.54, 1.807) is 33.5 Å². The van der Waals surface area contributed by atoms with E-state index >= 15 is 0 Å². The van der Waals surface area contributed by atoms with E-state index in [-0.39, 0.29) is 23.9 Å². The zero-order chi connectivity index (χ0) is 16.2. The highest BCUT2D eigenvalue weighted by atomic mass is 35.5. The summed E-state index contributed by atoms with van der Waals surface area (Å²) < 4.78 is 15.9. The first kappa shape index (κ1) is 20.8. The predicted molar refractivity (Wildman–Crippen MR) is 90.4 cm³/mol. The van der Waals surface area contributed by atoms with Gasteiger partial charge in [-0.05, 0) is 17.9 Å². The van der Waals surface area contributed by atoms with Crippen LogP contribution < -0.4 is 19.9 Å². The van der Waals surface area contributed by atoms with Crippen LogP contribution in [0.3, 0.4) is 0 Å². The molecule has 0 fully saturated rings. The highest BCUT2D eigenvalue weighted by Gasteiger charge is 2.26. The van der Waals surface area contributed by atoms with Crippen LogP contribution in [0.5, 0.6) is 17.2 Å². The molecule has 0 aliphatic carbocycles. The van der Waals surface area contributed by atoms with Crippen molar-refractivity contribution in [2.24, 2.45) is 11.1 Å². The Hall–Kier alpha value is -1.17. The maximum absolute atomic E-state index is 10.5. The van der Waals surface area contributed by atoms with Crippen molar-refractivity contribution < 1.29 is 19.3 Å². The van der Waals surface area contributed by atoms with Gasteiger partial charge in [-0.3, -0.25) is 0 Å². The number of aliphatic hydroxyl groups excluding tert-OH is 1. The number of benzene rings is 1. The second kappa shape index (κ2) is 8.46. The topological polar surface area (TPSA) is 73.9 Å². The van der Waals surface area contributed by atoms with Crippen molar-refractivity contribution in [2.45, 2.75) is 39.3 Å². The molecule has 22 heavy (non-hydrogen) atoms. The van der Waals surface area contributed by atoms with Gasteiger partial charge in [-0.25, -0.2) is 0 Å². The number of hydrogen-bond donors (Lipinski definition) is 2. The molecule has 0 heterocycles. The Bertz CT molecular complexity index is 474. The Morgan fingerprint density at radius 3 is 1.86 bits per heavy atom. The first-order valence-corrected chi connectivity index (χ1v) is 6.98. The number of methoxy groups -OCH3 is 3. The van der Waals surface area contributed by atoms with Crippen molar-refractivity contribution in [1.29, 1.82) is 0 Å². The number of rotatable bonds is 6. The molecular weight excluding hydrogens is 306 g/mol. The molecule has 0 unspecified atom stereocenters. The van der Waals surface area contributed by atoms with Crippen molar-refractivity contribution in [2.75, 3.05) is 21.3 Å². The van der Waals surface area contributed by atoms with Crippen molar-refractivity contribution in [3.8, 4) is 17.2 Å². The Balaban J connectivity index is 0.00000441. The van der Waals surface area contributed by atoms with Crippen LogP contribution in [0.15, 0.2) is 12.1 Å². The van der Waals surface area contributed by atoms with E-state index in [1.165, 1.54) is 0 Å². The molecule has 1 rings (SSSR count). The minimum Gasteiger partial charge on any atom is -0.496 e. The Labute approximate surface area is 139 Å². The average Bonchev–Trinajstić information content (AvgIpc) is 2.44. The largest absolute Gasteiger partial charge is 0.496 e. The van der Waals surface area contributed by atoms with Gasteiger partial charge < -0.3 is 25.1 Å². The normalized spacial score (nSPS) is 13.8. The zero-order valence-electron chi connectivity index (χ0n) is 14.2. The highest BCUT2D eigenvalue weighted by molar-refractivity contribution is 5.85. The minimum atomic E-state index is -0.728. The number of halogens is 1. The van der Waals surface area contributed by atoms with E-state index < -0.39 is 6.10 Å². The van der Waals surface area contributed by atoms with Gasteiger partial charge in [0.2, 0.25) is 0 Å². The van der Waals surface area contributed by atoms with Crippen LogP contribution in [0.25, 0.3) is 0 Å². The lowest BCUT2D eigenvalue weighted by molar-refractivity contribution is 0.130. The third kappa shape index (κ3) is 4.93. The van der Waals surface area contributed by atoms with Gasteiger partial charge >= 0.3 is 0 Å². The lowest BCUT2D eigenvalue weighted by atomic mass is 9.83. The molecule has 5 nitrogen and oxygen atoms in total. The molecule has 6 heteroatoms. The monoisotopic (exact) mass is 333 g/mol. The van der Waals surface area contributed by atoms with Crippen LogP contribution in [-0.2, 0) is 0 Å². The molecule has 0 saturated carbocycles. The molecule has 128 valence electrons. The molecule has 0 radical (unpaired) electrons. The fourth-order valence-electron chi connectivity index (χ4n) is 2.03. The van der Waals surface area contributed by atoms with Crippen LogP contribution in [-0.4, -0.2) is 32.5 Å². The number of hydrogen-bond acceptors (Lipinski definition) is 5. The van der Waals surface area contributed by atoms with Crippen LogP contribution in [0.2, 0.25) is 0 Å². The standard InChI is InChI=1S/C16H27NO4.ClH/c1-16(2,3)15(17)8-11(18)10-7-13(20-5)14(21-6)9-12(10)19-4;/h7,9,11,15,18H,8,17H2,1-6H3;1H/t11-,15-;/m1./s1. The Morgan fingerprint density at radius 2 is 1.45 bits per heavy atom. The maximum atomic E-state index is 10.5. The summed E-state index contributed by atoms with van der Waals surface area (Å²) in [6.45, 7) is 6.16. The van der Waals surface area contributed by atoms with E-state index in [4.69, 9.17) is 19.9 Å². The molecule has 0 saturated heterocycles. The fourth-order valence-corrected chi connectivity index (χ4v) is 2.03. The second-order valence-electron chi connectivity index (χ2n) is 6.17. The maximum Gasteiger partial charge on any atom is 0.164 e. The van der Waals surface area contributed by atoms with Gasteiger partial charge in [-0.1, -0.05) is 20.8 Å². The third-order valence-corrected chi connectivity index (χ3v) is 3.68. The van der Waals surface area contributed by atoms with Gasteiger partial charge in [0.15, 0.2) is 11.5 Å². The summed E-state index contributed by atoms with van der Waals surface area (Å²) in [4.78, 5) is 0. The summed E-state index contributed by atoms with van der Waals surface area (Å²) in [6.07, 6.45) is -0.288. The van der Waals surface area contributed by atoms with Crippen LogP contribution >= 0.6 is 12.4 Å². The van der Waals surface area contributed by atoms with E-state index in [0.29, 0.717) is 29.2 Å². The predicted octanol–water partition coefficient (Wildman–Crippen LogP) is 2.93. The molecule has 3 N–H and O–H groups in total. The third-order valence-electron chi connectivity index (χ3n) is 3.68. The summed E-state index contributed by atoms with van der Waals surface area (Å²) >= 11 is 0. The van der Waals surface area contributed by atoms with Gasteiger partial charge in [-0.2, -0.15) is 0 Å². The van der Waals surface area contributed by atoms with E-state index in [1.807, 2.05) is 0 Å². The molecule has 1 aromatic rings. The first-order chi connectivity index (χ1) is 9.74. The Kier molecular flexibility index (Phi) is 8.01. The average molecular weight is 334 g/mol. The van der Waals surface area contributed by atoms with Gasteiger partial charge in [0.1, 0.15) is 5.75 Å².